The quantitative estimate of drug-likeness (QED) is 0.303. The summed E-state index contributed by atoms with van der Waals surface area (Å²) < 4.78 is 4.77. The highest BCUT2D eigenvalue weighted by Gasteiger charge is 2.45. The van der Waals surface area contributed by atoms with Gasteiger partial charge in [0.05, 0.1) is 0 Å². The van der Waals surface area contributed by atoms with E-state index < -0.39 is 36.8 Å². The highest BCUT2D eigenvalue weighted by atomic mass is 16.6. The zero-order valence-electron chi connectivity index (χ0n) is 9.22. The lowest BCUT2D eigenvalue weighted by molar-refractivity contribution is -0.296. The number of amides is 1. The smallest absolute Gasteiger partial charge is 0.216 e. The van der Waals surface area contributed by atoms with Crippen LogP contribution in [0.4, 0.5) is 0 Å². The van der Waals surface area contributed by atoms with Crippen LogP contribution in [0.25, 0.3) is 0 Å². The summed E-state index contributed by atoms with van der Waals surface area (Å²) in [6.07, 6.45) is -9.14. The summed E-state index contributed by atoms with van der Waals surface area (Å²) in [4.78, 5) is 10.6. The molecular formula is C9H17NO7. The molecule has 17 heavy (non-hydrogen) atoms. The first kappa shape index (κ1) is 14.3. The van der Waals surface area contributed by atoms with E-state index in [4.69, 9.17) is 4.74 Å². The first-order chi connectivity index (χ1) is 7.84. The third-order valence-corrected chi connectivity index (χ3v) is 2.56. The van der Waals surface area contributed by atoms with Crippen LogP contribution in [0.15, 0.2) is 0 Å². The van der Waals surface area contributed by atoms with Crippen molar-refractivity contribution in [3.05, 3.63) is 0 Å². The average Bonchev–Trinajstić information content (AvgIpc) is 2.28. The Balaban J connectivity index is 2.60. The lowest BCUT2D eigenvalue weighted by Crippen LogP contribution is -2.61. The van der Waals surface area contributed by atoms with Gasteiger partial charge in [-0.1, -0.05) is 0 Å². The second kappa shape index (κ2) is 5.71. The molecule has 1 aliphatic heterocycles. The minimum Gasteiger partial charge on any atom is -0.388 e. The van der Waals surface area contributed by atoms with Gasteiger partial charge in [-0.25, -0.2) is 0 Å². The van der Waals surface area contributed by atoms with Crippen molar-refractivity contribution in [2.45, 2.75) is 43.7 Å². The van der Waals surface area contributed by atoms with Gasteiger partial charge in [0, 0.05) is 13.5 Å². The van der Waals surface area contributed by atoms with Crippen molar-refractivity contribution in [3.63, 3.8) is 0 Å². The van der Waals surface area contributed by atoms with Gasteiger partial charge >= 0.3 is 0 Å². The number of rotatable bonds is 3. The molecule has 1 rings (SSSR count). The molecular weight excluding hydrogens is 234 g/mol. The van der Waals surface area contributed by atoms with Crippen molar-refractivity contribution in [1.82, 2.24) is 5.32 Å². The van der Waals surface area contributed by atoms with E-state index in [9.17, 15) is 30.3 Å². The Morgan fingerprint density at radius 3 is 2.35 bits per heavy atom. The van der Waals surface area contributed by atoms with Crippen LogP contribution in [0.3, 0.4) is 0 Å². The van der Waals surface area contributed by atoms with E-state index in [0.29, 0.717) is 0 Å². The highest BCUT2D eigenvalue weighted by Crippen LogP contribution is 2.21. The number of ether oxygens (including phenoxy) is 1. The van der Waals surface area contributed by atoms with E-state index in [0.717, 1.165) is 0 Å². The van der Waals surface area contributed by atoms with Crippen molar-refractivity contribution in [3.8, 4) is 0 Å². The summed E-state index contributed by atoms with van der Waals surface area (Å²) in [7, 11) is 0. The molecule has 100 valence electrons. The third-order valence-electron chi connectivity index (χ3n) is 2.56. The molecule has 0 radical (unpaired) electrons. The fourth-order valence-corrected chi connectivity index (χ4v) is 1.57. The van der Waals surface area contributed by atoms with Gasteiger partial charge in [-0.3, -0.25) is 4.79 Å². The lowest BCUT2D eigenvalue weighted by atomic mass is 9.95. The molecule has 0 unspecified atom stereocenters. The van der Waals surface area contributed by atoms with E-state index in [1.807, 2.05) is 0 Å². The number of aliphatic hydroxyl groups excluding tert-OH is 5. The van der Waals surface area contributed by atoms with E-state index >= 15 is 0 Å². The van der Waals surface area contributed by atoms with Crippen LogP contribution in [0.1, 0.15) is 6.92 Å². The van der Waals surface area contributed by atoms with Crippen molar-refractivity contribution >= 4 is 5.91 Å². The molecule has 8 nitrogen and oxygen atoms in total. The fourth-order valence-electron chi connectivity index (χ4n) is 1.57. The number of aliphatic hydroxyl groups is 5. The number of hydrogen-bond acceptors (Lipinski definition) is 7. The van der Waals surface area contributed by atoms with Gasteiger partial charge in [0.1, 0.15) is 30.5 Å². The van der Waals surface area contributed by atoms with Gasteiger partial charge in [-0.15, -0.1) is 0 Å². The van der Waals surface area contributed by atoms with Crippen molar-refractivity contribution in [1.29, 1.82) is 0 Å². The van der Waals surface area contributed by atoms with Crippen LogP contribution in [0, 0.1) is 0 Å². The summed E-state index contributed by atoms with van der Waals surface area (Å²) in [6, 6.07) is 0. The Morgan fingerprint density at radius 2 is 1.82 bits per heavy atom. The van der Waals surface area contributed by atoms with Gasteiger partial charge < -0.3 is 35.6 Å². The van der Waals surface area contributed by atoms with Crippen LogP contribution >= 0.6 is 0 Å². The largest absolute Gasteiger partial charge is 0.388 e. The Kier molecular flexibility index (Phi) is 4.80. The topological polar surface area (TPSA) is 139 Å². The maximum atomic E-state index is 10.6. The molecule has 0 aliphatic carbocycles. The Labute approximate surface area is 97.4 Å². The Morgan fingerprint density at radius 1 is 1.24 bits per heavy atom. The van der Waals surface area contributed by atoms with Crippen molar-refractivity contribution in [2.75, 3.05) is 6.54 Å². The molecule has 1 saturated heterocycles. The molecule has 1 aliphatic rings. The number of nitrogens with one attached hydrogen (secondary N) is 1. The number of carbonyl (C=O) groups is 1. The number of carbonyl (C=O) groups excluding carboxylic acids is 1. The van der Waals surface area contributed by atoms with Gasteiger partial charge in [-0.2, -0.15) is 0 Å². The molecule has 1 fully saturated rings. The second-order valence-electron chi connectivity index (χ2n) is 3.97. The fraction of sp³-hybridized carbons (Fsp3) is 0.889. The monoisotopic (exact) mass is 251 g/mol. The van der Waals surface area contributed by atoms with E-state index in [1.165, 1.54) is 6.92 Å². The minimum absolute atomic E-state index is 0.202. The highest BCUT2D eigenvalue weighted by molar-refractivity contribution is 5.72. The molecule has 1 heterocycles. The molecule has 0 bridgehead atoms. The Bertz CT molecular complexity index is 274. The zero-order valence-corrected chi connectivity index (χ0v) is 9.22. The first-order valence-electron chi connectivity index (χ1n) is 5.14. The first-order valence-corrected chi connectivity index (χ1v) is 5.14. The normalized spacial score (nSPS) is 39.8. The van der Waals surface area contributed by atoms with Crippen LogP contribution in [-0.2, 0) is 9.53 Å². The number of hydrogen-bond donors (Lipinski definition) is 6. The van der Waals surface area contributed by atoms with E-state index in [-0.39, 0.29) is 12.5 Å². The van der Waals surface area contributed by atoms with Crippen LogP contribution in [0.5, 0.6) is 0 Å². The molecule has 6 atom stereocenters. The minimum atomic E-state index is -1.70. The predicted octanol–water partition coefficient (Wildman–Crippen LogP) is -3.72. The van der Waals surface area contributed by atoms with E-state index in [2.05, 4.69) is 5.32 Å². The summed E-state index contributed by atoms with van der Waals surface area (Å²) in [5.41, 5.74) is 0. The SMILES string of the molecule is CC(=O)NC[C@H](O)[C@H]1O[C@H](O)[C@@H](O)[C@@H](O)[C@@H]1O. The van der Waals surface area contributed by atoms with Crippen LogP contribution in [0.2, 0.25) is 0 Å². The second-order valence-corrected chi connectivity index (χ2v) is 3.97. The molecule has 0 spiro atoms. The molecule has 0 aromatic heterocycles. The third kappa shape index (κ3) is 3.35. The molecule has 0 aromatic carbocycles. The van der Waals surface area contributed by atoms with E-state index in [1.54, 1.807) is 0 Å². The van der Waals surface area contributed by atoms with Gasteiger partial charge in [0.2, 0.25) is 5.91 Å². The summed E-state index contributed by atoms with van der Waals surface area (Å²) >= 11 is 0. The Hall–Kier alpha value is -0.770. The molecule has 1 amide bonds. The van der Waals surface area contributed by atoms with Gasteiger partial charge in [0.15, 0.2) is 6.29 Å². The van der Waals surface area contributed by atoms with Gasteiger partial charge in [0.25, 0.3) is 0 Å². The summed E-state index contributed by atoms with van der Waals surface area (Å²) in [5, 5.41) is 49.2. The standard InChI is InChI=1S/C9H17NO7/c1-3(11)10-2-4(12)8-6(14)5(13)7(15)9(16)17-8/h4-9,12-16H,2H2,1H3,(H,10,11)/t4-,5-,6-,7-,8+,9-/m0/s1. The summed E-state index contributed by atoms with van der Waals surface area (Å²) in [6.45, 7) is 1.05. The summed E-state index contributed by atoms with van der Waals surface area (Å²) in [5.74, 6) is -0.379. The molecule has 6 N–H and O–H groups in total. The predicted molar refractivity (Wildman–Crippen MR) is 53.6 cm³/mol. The molecule has 8 heteroatoms. The maximum Gasteiger partial charge on any atom is 0.216 e. The molecule has 0 aromatic rings. The van der Waals surface area contributed by atoms with Crippen LogP contribution < -0.4 is 5.32 Å². The van der Waals surface area contributed by atoms with Gasteiger partial charge in [-0.05, 0) is 0 Å². The average molecular weight is 251 g/mol. The van der Waals surface area contributed by atoms with Crippen molar-refractivity contribution < 1.29 is 35.1 Å². The van der Waals surface area contributed by atoms with Crippen molar-refractivity contribution in [2.24, 2.45) is 0 Å². The molecule has 0 saturated carbocycles. The maximum absolute atomic E-state index is 10.6. The lowest BCUT2D eigenvalue weighted by Gasteiger charge is -2.40. The van der Waals surface area contributed by atoms with Crippen LogP contribution in [-0.4, -0.2) is 74.8 Å². The zero-order chi connectivity index (χ0) is 13.2.